The van der Waals surface area contributed by atoms with Crippen LogP contribution in [0.1, 0.15) is 18.1 Å². The van der Waals surface area contributed by atoms with Crippen molar-refractivity contribution < 1.29 is 9.53 Å². The van der Waals surface area contributed by atoms with E-state index in [-0.39, 0.29) is 18.1 Å². The minimum absolute atomic E-state index is 0.0505. The second kappa shape index (κ2) is 7.09. The Labute approximate surface area is 150 Å². The van der Waals surface area contributed by atoms with Gasteiger partial charge in [-0.15, -0.1) is 0 Å². The van der Waals surface area contributed by atoms with Crippen LogP contribution in [0, 0.1) is 5.92 Å². The Morgan fingerprint density at radius 2 is 2.08 bits per heavy atom. The lowest BCUT2D eigenvalue weighted by atomic mass is 9.88. The van der Waals surface area contributed by atoms with Crippen LogP contribution >= 0.6 is 15.9 Å². The summed E-state index contributed by atoms with van der Waals surface area (Å²) >= 11 is 3.46. The fourth-order valence-corrected chi connectivity index (χ4v) is 4.15. The van der Waals surface area contributed by atoms with Crippen LogP contribution in [0.3, 0.4) is 0 Å². The number of morpholine rings is 1. The van der Waals surface area contributed by atoms with E-state index in [4.69, 9.17) is 4.74 Å². The van der Waals surface area contributed by atoms with Gasteiger partial charge in [-0.05, 0) is 30.7 Å². The number of amides is 1. The van der Waals surface area contributed by atoms with Crippen molar-refractivity contribution in [3.8, 4) is 0 Å². The Morgan fingerprint density at radius 1 is 1.25 bits per heavy atom. The van der Waals surface area contributed by atoms with Gasteiger partial charge in [-0.1, -0.05) is 28.1 Å². The van der Waals surface area contributed by atoms with Gasteiger partial charge in [0.2, 0.25) is 5.91 Å². The zero-order valence-corrected chi connectivity index (χ0v) is 15.1. The highest BCUT2D eigenvalue weighted by Gasteiger charge is 2.43. The van der Waals surface area contributed by atoms with Crippen molar-refractivity contribution in [1.82, 2.24) is 21.1 Å². The maximum absolute atomic E-state index is 13.0. The number of hydrogen-bond acceptors (Lipinski definition) is 5. The third kappa shape index (κ3) is 3.23. The van der Waals surface area contributed by atoms with Crippen LogP contribution < -0.4 is 16.2 Å². The molecule has 0 saturated carbocycles. The number of nitrogens with zero attached hydrogens (tertiary/aromatic N) is 1. The number of halogens is 1. The zero-order chi connectivity index (χ0) is 16.5. The summed E-state index contributed by atoms with van der Waals surface area (Å²) in [5.74, 6) is 0.504. The van der Waals surface area contributed by atoms with Crippen LogP contribution in [0.15, 0.2) is 28.7 Å². The number of hydrogen-bond donors (Lipinski definition) is 3. The fraction of sp³-hybridized carbons (Fsp3) is 0.588. The first-order chi connectivity index (χ1) is 11.7. The van der Waals surface area contributed by atoms with E-state index in [1.165, 1.54) is 0 Å². The number of carbonyl (C=O) groups is 1. The third-order valence-electron chi connectivity index (χ3n) is 5.27. The minimum Gasteiger partial charge on any atom is -0.370 e. The number of hydrazine groups is 1. The average Bonchev–Trinajstić information content (AvgIpc) is 3.06. The van der Waals surface area contributed by atoms with Crippen molar-refractivity contribution in [2.45, 2.75) is 24.6 Å². The van der Waals surface area contributed by atoms with Crippen molar-refractivity contribution in [3.05, 3.63) is 34.3 Å². The Kier molecular flexibility index (Phi) is 4.87. The molecule has 7 heteroatoms. The summed E-state index contributed by atoms with van der Waals surface area (Å²) in [6, 6.07) is 8.38. The van der Waals surface area contributed by atoms with Crippen LogP contribution in [0.4, 0.5) is 0 Å². The van der Waals surface area contributed by atoms with Gasteiger partial charge < -0.3 is 15.0 Å². The van der Waals surface area contributed by atoms with Crippen molar-refractivity contribution in [1.29, 1.82) is 0 Å². The molecule has 6 nitrogen and oxygen atoms in total. The molecule has 130 valence electrons. The minimum atomic E-state index is -0.147. The predicted molar refractivity (Wildman–Crippen MR) is 94.2 cm³/mol. The average molecular weight is 395 g/mol. The smallest absolute Gasteiger partial charge is 0.241 e. The second-order valence-electron chi connectivity index (χ2n) is 6.72. The molecule has 4 atom stereocenters. The van der Waals surface area contributed by atoms with Crippen molar-refractivity contribution >= 4 is 21.8 Å². The molecule has 3 aliphatic heterocycles. The van der Waals surface area contributed by atoms with E-state index < -0.39 is 0 Å². The number of nitrogens with one attached hydrogen (secondary N) is 3. The molecule has 3 aliphatic rings. The number of rotatable bonds is 2. The molecule has 0 spiro atoms. The maximum atomic E-state index is 13.0. The molecule has 1 aromatic carbocycles. The van der Waals surface area contributed by atoms with Crippen LogP contribution in [-0.4, -0.2) is 55.7 Å². The highest BCUT2D eigenvalue weighted by molar-refractivity contribution is 9.10. The SMILES string of the molecule is O=C(C1NNC2CCNCC21)N1CCOC(c2ccc(Br)cc2)C1. The number of fused-ring (bicyclic) bond motifs is 1. The van der Waals surface area contributed by atoms with E-state index in [1.54, 1.807) is 0 Å². The largest absolute Gasteiger partial charge is 0.370 e. The van der Waals surface area contributed by atoms with Crippen LogP contribution in [-0.2, 0) is 9.53 Å². The van der Waals surface area contributed by atoms with Gasteiger partial charge in [-0.2, -0.15) is 0 Å². The first kappa shape index (κ1) is 16.5. The van der Waals surface area contributed by atoms with E-state index in [9.17, 15) is 4.79 Å². The first-order valence-electron chi connectivity index (χ1n) is 8.60. The van der Waals surface area contributed by atoms with E-state index in [1.807, 2.05) is 17.0 Å². The van der Waals surface area contributed by atoms with Gasteiger partial charge in [0.05, 0.1) is 13.2 Å². The second-order valence-corrected chi connectivity index (χ2v) is 7.64. The lowest BCUT2D eigenvalue weighted by Crippen LogP contribution is -2.53. The molecule has 4 unspecified atom stereocenters. The van der Waals surface area contributed by atoms with Crippen molar-refractivity contribution in [2.24, 2.45) is 5.92 Å². The molecule has 3 heterocycles. The quantitative estimate of drug-likeness (QED) is 0.692. The van der Waals surface area contributed by atoms with E-state index >= 15 is 0 Å². The lowest BCUT2D eigenvalue weighted by molar-refractivity contribution is -0.142. The summed E-state index contributed by atoms with van der Waals surface area (Å²) in [7, 11) is 0. The molecular formula is C17H23BrN4O2. The topological polar surface area (TPSA) is 65.6 Å². The van der Waals surface area contributed by atoms with Crippen molar-refractivity contribution in [2.75, 3.05) is 32.8 Å². The summed E-state index contributed by atoms with van der Waals surface area (Å²) in [5.41, 5.74) is 7.65. The monoisotopic (exact) mass is 394 g/mol. The van der Waals surface area contributed by atoms with Gasteiger partial charge in [-0.3, -0.25) is 10.2 Å². The lowest BCUT2D eigenvalue weighted by Gasteiger charge is -2.36. The molecule has 0 bridgehead atoms. The summed E-state index contributed by atoms with van der Waals surface area (Å²) in [5, 5.41) is 3.40. The van der Waals surface area contributed by atoms with Gasteiger partial charge in [0.15, 0.2) is 0 Å². The molecule has 3 N–H and O–H groups in total. The zero-order valence-electron chi connectivity index (χ0n) is 13.5. The van der Waals surface area contributed by atoms with Gasteiger partial charge in [0, 0.05) is 29.5 Å². The number of benzene rings is 1. The molecule has 0 aromatic heterocycles. The van der Waals surface area contributed by atoms with E-state index in [2.05, 4.69) is 44.2 Å². The van der Waals surface area contributed by atoms with Gasteiger partial charge in [0.1, 0.15) is 12.1 Å². The Hall–Kier alpha value is -0.990. The van der Waals surface area contributed by atoms with Crippen molar-refractivity contribution in [3.63, 3.8) is 0 Å². The van der Waals surface area contributed by atoms with E-state index in [0.29, 0.717) is 31.7 Å². The van der Waals surface area contributed by atoms with Gasteiger partial charge >= 0.3 is 0 Å². The molecule has 0 aliphatic carbocycles. The summed E-state index contributed by atoms with van der Waals surface area (Å²) in [6.45, 7) is 3.76. The molecule has 24 heavy (non-hydrogen) atoms. The molecule has 1 aromatic rings. The van der Waals surface area contributed by atoms with Crippen LogP contribution in [0.2, 0.25) is 0 Å². The van der Waals surface area contributed by atoms with Crippen LogP contribution in [0.5, 0.6) is 0 Å². The maximum Gasteiger partial charge on any atom is 0.241 e. The predicted octanol–water partition coefficient (Wildman–Crippen LogP) is 0.804. The summed E-state index contributed by atoms with van der Waals surface area (Å²) in [4.78, 5) is 15.0. The first-order valence-corrected chi connectivity index (χ1v) is 9.39. The summed E-state index contributed by atoms with van der Waals surface area (Å²) in [6.07, 6.45) is 1.01. The molecule has 3 saturated heterocycles. The molecule has 4 rings (SSSR count). The normalized spacial score (nSPS) is 33.3. The Morgan fingerprint density at radius 3 is 2.92 bits per heavy atom. The van der Waals surface area contributed by atoms with E-state index in [0.717, 1.165) is 29.5 Å². The summed E-state index contributed by atoms with van der Waals surface area (Å²) < 4.78 is 6.94. The van der Waals surface area contributed by atoms with Gasteiger partial charge in [-0.25, -0.2) is 5.43 Å². The highest BCUT2D eigenvalue weighted by Crippen LogP contribution is 2.26. The van der Waals surface area contributed by atoms with Gasteiger partial charge in [0.25, 0.3) is 0 Å². The number of ether oxygens (including phenoxy) is 1. The Balaban J connectivity index is 1.44. The number of piperidine rings is 1. The molecular weight excluding hydrogens is 372 g/mol. The highest BCUT2D eigenvalue weighted by atomic mass is 79.9. The fourth-order valence-electron chi connectivity index (χ4n) is 3.89. The van der Waals surface area contributed by atoms with Crippen LogP contribution in [0.25, 0.3) is 0 Å². The molecule has 0 radical (unpaired) electrons. The number of carbonyl (C=O) groups excluding carboxylic acids is 1. The Bertz CT molecular complexity index is 597. The third-order valence-corrected chi connectivity index (χ3v) is 5.80. The standard InChI is InChI=1S/C17H23BrN4O2/c18-12-3-1-11(2-4-12)15-10-22(7-8-24-15)17(23)16-13-9-19-6-5-14(13)20-21-16/h1-4,13-16,19-21H,5-10H2. The molecule has 3 fully saturated rings. The molecule has 1 amide bonds.